The Morgan fingerprint density at radius 1 is 1.42 bits per heavy atom. The lowest BCUT2D eigenvalue weighted by atomic mass is 10.2. The summed E-state index contributed by atoms with van der Waals surface area (Å²) in [7, 11) is 0. The number of aromatic nitrogens is 1. The molecule has 1 amide bonds. The van der Waals surface area contributed by atoms with Gasteiger partial charge in [0.1, 0.15) is 11.0 Å². The van der Waals surface area contributed by atoms with E-state index < -0.39 is 11.7 Å². The van der Waals surface area contributed by atoms with Gasteiger partial charge in [0.25, 0.3) is 5.91 Å². The molecule has 6 heteroatoms. The molecule has 0 radical (unpaired) electrons. The van der Waals surface area contributed by atoms with Crippen LogP contribution in [-0.4, -0.2) is 10.9 Å². The predicted molar refractivity (Wildman–Crippen MR) is 72.7 cm³/mol. The molecule has 3 N–H and O–H groups in total. The lowest BCUT2D eigenvalue weighted by Crippen LogP contribution is -2.14. The van der Waals surface area contributed by atoms with Gasteiger partial charge in [0.05, 0.1) is 23.1 Å². The highest BCUT2D eigenvalue weighted by Crippen LogP contribution is 2.20. The average molecular weight is 280 g/mol. The maximum Gasteiger partial charge on any atom is 0.258 e. The third kappa shape index (κ3) is 3.00. The summed E-state index contributed by atoms with van der Waals surface area (Å²) in [5.41, 5.74) is 6.86. The molecule has 0 bridgehead atoms. The van der Waals surface area contributed by atoms with Gasteiger partial charge in [-0.15, -0.1) is 0 Å². The number of amides is 1. The number of carbonyl (C=O) groups is 1. The summed E-state index contributed by atoms with van der Waals surface area (Å²) in [6.45, 7) is 1.80. The number of hydrogen-bond donors (Lipinski definition) is 2. The van der Waals surface area contributed by atoms with Gasteiger partial charge in [-0.05, 0) is 30.7 Å². The number of rotatable bonds is 2. The second-order valence-corrected chi connectivity index (χ2v) is 4.40. The van der Waals surface area contributed by atoms with Crippen LogP contribution in [0.4, 0.5) is 15.8 Å². The largest absolute Gasteiger partial charge is 0.397 e. The van der Waals surface area contributed by atoms with Gasteiger partial charge >= 0.3 is 0 Å². The fourth-order valence-corrected chi connectivity index (χ4v) is 1.74. The summed E-state index contributed by atoms with van der Waals surface area (Å²) in [6, 6.07) is 5.81. The van der Waals surface area contributed by atoms with Crippen molar-refractivity contribution in [3.05, 3.63) is 52.6 Å². The van der Waals surface area contributed by atoms with Gasteiger partial charge in [-0.1, -0.05) is 17.7 Å². The molecule has 0 atom stereocenters. The van der Waals surface area contributed by atoms with E-state index in [0.717, 1.165) is 5.56 Å². The van der Waals surface area contributed by atoms with Gasteiger partial charge in [0.2, 0.25) is 0 Å². The number of hydrogen-bond acceptors (Lipinski definition) is 3. The molecular weight excluding hydrogens is 269 g/mol. The van der Waals surface area contributed by atoms with Gasteiger partial charge < -0.3 is 11.1 Å². The zero-order valence-corrected chi connectivity index (χ0v) is 10.8. The molecule has 2 rings (SSSR count). The standard InChI is InChI=1S/C13H11ClFN3O/c1-7-2-3-10(15)11(4-7)18-13(19)9-5-8(16)6-17-12(9)14/h2-6H,16H2,1H3,(H,18,19). The quantitative estimate of drug-likeness (QED) is 0.830. The second-order valence-electron chi connectivity index (χ2n) is 4.04. The molecule has 0 aliphatic rings. The number of halogens is 2. The van der Waals surface area contributed by atoms with Crippen molar-refractivity contribution < 1.29 is 9.18 Å². The van der Waals surface area contributed by atoms with Crippen molar-refractivity contribution >= 4 is 28.9 Å². The number of nitrogen functional groups attached to an aromatic ring is 1. The molecule has 1 aromatic carbocycles. The zero-order valence-electron chi connectivity index (χ0n) is 10.1. The minimum Gasteiger partial charge on any atom is -0.397 e. The van der Waals surface area contributed by atoms with Crippen LogP contribution < -0.4 is 11.1 Å². The third-order valence-corrected chi connectivity index (χ3v) is 2.78. The van der Waals surface area contributed by atoms with Gasteiger partial charge in [-0.25, -0.2) is 9.37 Å². The van der Waals surface area contributed by atoms with E-state index in [-0.39, 0.29) is 16.4 Å². The summed E-state index contributed by atoms with van der Waals surface area (Å²) in [4.78, 5) is 15.8. The van der Waals surface area contributed by atoms with Crippen LogP contribution >= 0.6 is 11.6 Å². The van der Waals surface area contributed by atoms with Crippen molar-refractivity contribution in [2.75, 3.05) is 11.1 Å². The molecule has 1 aromatic heterocycles. The fraction of sp³-hybridized carbons (Fsp3) is 0.0769. The summed E-state index contributed by atoms with van der Waals surface area (Å²) >= 11 is 5.81. The lowest BCUT2D eigenvalue weighted by molar-refractivity contribution is 0.102. The number of carbonyl (C=O) groups excluding carboxylic acids is 1. The number of nitrogens with two attached hydrogens (primary N) is 1. The Balaban J connectivity index is 2.30. The first kappa shape index (κ1) is 13.3. The van der Waals surface area contributed by atoms with Crippen LogP contribution in [0.1, 0.15) is 15.9 Å². The first-order valence-electron chi connectivity index (χ1n) is 5.46. The van der Waals surface area contributed by atoms with Gasteiger partial charge in [-0.3, -0.25) is 4.79 Å². The van der Waals surface area contributed by atoms with E-state index in [9.17, 15) is 9.18 Å². The SMILES string of the molecule is Cc1ccc(F)c(NC(=O)c2cc(N)cnc2Cl)c1. The molecule has 19 heavy (non-hydrogen) atoms. The molecule has 0 saturated carbocycles. The second kappa shape index (κ2) is 5.24. The van der Waals surface area contributed by atoms with Crippen LogP contribution in [0.25, 0.3) is 0 Å². The maximum atomic E-state index is 13.5. The lowest BCUT2D eigenvalue weighted by Gasteiger charge is -2.08. The van der Waals surface area contributed by atoms with Crippen LogP contribution in [0.5, 0.6) is 0 Å². The van der Waals surface area contributed by atoms with Crippen LogP contribution in [0.2, 0.25) is 5.15 Å². The van der Waals surface area contributed by atoms with Crippen molar-refractivity contribution in [2.45, 2.75) is 6.92 Å². The average Bonchev–Trinajstić information content (AvgIpc) is 2.36. The van der Waals surface area contributed by atoms with Crippen molar-refractivity contribution in [2.24, 2.45) is 0 Å². The van der Waals surface area contributed by atoms with Crippen molar-refractivity contribution in [3.63, 3.8) is 0 Å². The first-order chi connectivity index (χ1) is 8.97. The Bertz CT molecular complexity index is 646. The topological polar surface area (TPSA) is 68.0 Å². The van der Waals surface area contributed by atoms with E-state index in [1.54, 1.807) is 13.0 Å². The Labute approximate surface area is 114 Å². The van der Waals surface area contributed by atoms with E-state index in [2.05, 4.69) is 10.3 Å². The van der Waals surface area contributed by atoms with E-state index in [1.165, 1.54) is 24.4 Å². The predicted octanol–water partition coefficient (Wildman–Crippen LogP) is 3.02. The summed E-state index contributed by atoms with van der Waals surface area (Å²) in [5.74, 6) is -1.08. The highest BCUT2D eigenvalue weighted by molar-refractivity contribution is 6.33. The summed E-state index contributed by atoms with van der Waals surface area (Å²) in [5, 5.41) is 2.46. The summed E-state index contributed by atoms with van der Waals surface area (Å²) < 4.78 is 13.5. The normalized spacial score (nSPS) is 10.3. The van der Waals surface area contributed by atoms with Crippen LogP contribution in [0, 0.1) is 12.7 Å². The third-order valence-electron chi connectivity index (χ3n) is 2.47. The molecule has 0 fully saturated rings. The van der Waals surface area contributed by atoms with Gasteiger partial charge in [0.15, 0.2) is 0 Å². The fourth-order valence-electron chi connectivity index (χ4n) is 1.55. The first-order valence-corrected chi connectivity index (χ1v) is 5.83. The minimum atomic E-state index is -0.561. The minimum absolute atomic E-state index is 0.0137. The van der Waals surface area contributed by atoms with Gasteiger partial charge in [-0.2, -0.15) is 0 Å². The highest BCUT2D eigenvalue weighted by atomic mass is 35.5. The maximum absolute atomic E-state index is 13.5. The van der Waals surface area contributed by atoms with Crippen molar-refractivity contribution in [3.8, 4) is 0 Å². The van der Waals surface area contributed by atoms with E-state index >= 15 is 0 Å². The van der Waals surface area contributed by atoms with Gasteiger partial charge in [0, 0.05) is 0 Å². The Kier molecular flexibility index (Phi) is 3.66. The molecule has 0 unspecified atom stereocenters. The summed E-state index contributed by atoms with van der Waals surface area (Å²) in [6.07, 6.45) is 1.34. The van der Waals surface area contributed by atoms with E-state index in [0.29, 0.717) is 5.69 Å². The molecule has 98 valence electrons. The van der Waals surface area contributed by atoms with Crippen LogP contribution in [0.3, 0.4) is 0 Å². The number of nitrogens with zero attached hydrogens (tertiary/aromatic N) is 1. The van der Waals surface area contributed by atoms with E-state index in [1.807, 2.05) is 0 Å². The Morgan fingerprint density at radius 2 is 2.16 bits per heavy atom. The Morgan fingerprint density at radius 3 is 2.89 bits per heavy atom. The smallest absolute Gasteiger partial charge is 0.258 e. The Hall–Kier alpha value is -2.14. The number of nitrogens with one attached hydrogen (secondary N) is 1. The number of anilines is 2. The van der Waals surface area contributed by atoms with E-state index in [4.69, 9.17) is 17.3 Å². The molecule has 2 aromatic rings. The zero-order chi connectivity index (χ0) is 14.0. The molecule has 0 saturated heterocycles. The van der Waals surface area contributed by atoms with Crippen molar-refractivity contribution in [1.29, 1.82) is 0 Å². The monoisotopic (exact) mass is 279 g/mol. The van der Waals surface area contributed by atoms with Crippen LogP contribution in [0.15, 0.2) is 30.5 Å². The molecule has 0 aliphatic heterocycles. The van der Waals surface area contributed by atoms with Crippen molar-refractivity contribution in [1.82, 2.24) is 4.98 Å². The molecule has 0 spiro atoms. The number of aryl methyl sites for hydroxylation is 1. The highest BCUT2D eigenvalue weighted by Gasteiger charge is 2.14. The molecule has 4 nitrogen and oxygen atoms in total. The number of pyridine rings is 1. The van der Waals surface area contributed by atoms with Crippen LogP contribution in [-0.2, 0) is 0 Å². The number of benzene rings is 1. The molecular formula is C13H11ClFN3O. The molecule has 0 aliphatic carbocycles. The molecule has 1 heterocycles.